The number of benzene rings is 1. The van der Waals surface area contributed by atoms with Crippen molar-refractivity contribution in [1.29, 1.82) is 0 Å². The minimum absolute atomic E-state index is 0.000399. The summed E-state index contributed by atoms with van der Waals surface area (Å²) in [5, 5.41) is 0. The number of carbonyl (C=O) groups is 2. The van der Waals surface area contributed by atoms with Gasteiger partial charge in [0.1, 0.15) is 23.7 Å². The molecule has 0 aromatic heterocycles. The molecule has 34 heavy (non-hydrogen) atoms. The molecule has 1 aliphatic heterocycles. The van der Waals surface area contributed by atoms with Crippen molar-refractivity contribution in [3.05, 3.63) is 18.2 Å². The van der Waals surface area contributed by atoms with Gasteiger partial charge in [0, 0.05) is 45.2 Å². The maximum absolute atomic E-state index is 12.5. The molecule has 1 amide bonds. The molecule has 0 unspecified atom stereocenters. The molecule has 0 N–H and O–H groups in total. The van der Waals surface area contributed by atoms with E-state index < -0.39 is 5.60 Å². The molecule has 1 fully saturated rings. The normalized spacial score (nSPS) is 19.1. The number of likely N-dealkylation sites (tertiary alicyclic amines) is 1. The molecule has 1 aromatic rings. The highest BCUT2D eigenvalue weighted by molar-refractivity contribution is 5.70. The zero-order valence-electron chi connectivity index (χ0n) is 21.7. The Morgan fingerprint density at radius 2 is 1.88 bits per heavy atom. The highest BCUT2D eigenvalue weighted by atomic mass is 16.6. The largest absolute Gasteiger partial charge is 0.493 e. The van der Waals surface area contributed by atoms with Crippen molar-refractivity contribution in [3.8, 4) is 17.2 Å². The maximum Gasteiger partial charge on any atom is 0.410 e. The Morgan fingerprint density at radius 3 is 2.47 bits per heavy atom. The third-order valence-corrected chi connectivity index (χ3v) is 5.77. The van der Waals surface area contributed by atoms with Crippen molar-refractivity contribution in [2.75, 3.05) is 40.5 Å². The van der Waals surface area contributed by atoms with Crippen LogP contribution in [0.3, 0.4) is 0 Å². The Balaban J connectivity index is 2.08. The number of aldehydes is 1. The Kier molecular flexibility index (Phi) is 10.5. The van der Waals surface area contributed by atoms with Gasteiger partial charge in [-0.3, -0.25) is 0 Å². The molecule has 0 spiro atoms. The minimum atomic E-state index is -0.576. The van der Waals surface area contributed by atoms with Crippen LogP contribution in [0.2, 0.25) is 0 Å². The second kappa shape index (κ2) is 12.8. The third kappa shape index (κ3) is 8.38. The van der Waals surface area contributed by atoms with Crippen molar-refractivity contribution >= 4 is 12.4 Å². The average Bonchev–Trinajstić information content (AvgIpc) is 3.18. The number of carbonyl (C=O) groups excluding carboxylic acids is 2. The van der Waals surface area contributed by atoms with Crippen LogP contribution < -0.4 is 14.2 Å². The lowest BCUT2D eigenvalue weighted by molar-refractivity contribution is -0.111. The maximum atomic E-state index is 12.5. The summed E-state index contributed by atoms with van der Waals surface area (Å²) in [6, 6.07) is 5.52. The molecule has 1 saturated heterocycles. The van der Waals surface area contributed by atoms with Gasteiger partial charge in [-0.25, -0.2) is 4.79 Å². The first-order valence-electron chi connectivity index (χ1n) is 12.0. The molecular formula is C26H41NO7. The molecule has 8 nitrogen and oxygen atoms in total. The number of hydrogen-bond donors (Lipinski definition) is 0. The summed E-state index contributed by atoms with van der Waals surface area (Å²) in [6.45, 7) is 11.7. The molecule has 3 atom stereocenters. The van der Waals surface area contributed by atoms with Crippen molar-refractivity contribution in [2.45, 2.75) is 59.2 Å². The van der Waals surface area contributed by atoms with E-state index in [0.717, 1.165) is 12.7 Å². The predicted molar refractivity (Wildman–Crippen MR) is 130 cm³/mol. The lowest BCUT2D eigenvalue weighted by Gasteiger charge is -2.27. The summed E-state index contributed by atoms with van der Waals surface area (Å²) >= 11 is 0. The van der Waals surface area contributed by atoms with Crippen LogP contribution in [-0.4, -0.2) is 69.5 Å². The second-order valence-corrected chi connectivity index (χ2v) is 10.1. The van der Waals surface area contributed by atoms with Gasteiger partial charge in [0.25, 0.3) is 0 Å². The summed E-state index contributed by atoms with van der Waals surface area (Å²) in [5.41, 5.74) is -0.576. The molecule has 1 heterocycles. The van der Waals surface area contributed by atoms with Crippen LogP contribution in [0.15, 0.2) is 18.2 Å². The third-order valence-electron chi connectivity index (χ3n) is 5.77. The van der Waals surface area contributed by atoms with E-state index in [4.69, 9.17) is 23.7 Å². The number of methoxy groups -OCH3 is 2. The summed E-state index contributed by atoms with van der Waals surface area (Å²) in [6.07, 6.45) is 1.85. The summed E-state index contributed by atoms with van der Waals surface area (Å²) in [5.74, 6) is 1.88. The van der Waals surface area contributed by atoms with Crippen molar-refractivity contribution in [1.82, 2.24) is 4.90 Å². The zero-order valence-corrected chi connectivity index (χ0v) is 21.7. The van der Waals surface area contributed by atoms with Gasteiger partial charge in [0.2, 0.25) is 0 Å². The Bertz CT molecular complexity index is 790. The molecule has 0 bridgehead atoms. The molecule has 0 radical (unpaired) electrons. The highest BCUT2D eigenvalue weighted by Gasteiger charge is 2.39. The van der Waals surface area contributed by atoms with E-state index in [9.17, 15) is 9.59 Å². The lowest BCUT2D eigenvalue weighted by atomic mass is 9.88. The number of amides is 1. The standard InChI is InChI=1S/C26H41NO7/c1-18(2)23(13-19-15-27(16-20(19)17-28)25(29)34-26(3,4)5)33-21-9-10-22(31-7)24(14-21)32-12-8-11-30-6/h9-10,14,17-20,23H,8,11-13,15-16H2,1-7H3/t19-,20-,23-/m0/s1. The quantitative estimate of drug-likeness (QED) is 0.320. The van der Waals surface area contributed by atoms with Gasteiger partial charge in [0.05, 0.1) is 13.7 Å². The molecule has 2 rings (SSSR count). The van der Waals surface area contributed by atoms with Crippen LogP contribution >= 0.6 is 0 Å². The second-order valence-electron chi connectivity index (χ2n) is 10.1. The Hall–Kier alpha value is -2.48. The molecule has 0 saturated carbocycles. The van der Waals surface area contributed by atoms with E-state index in [0.29, 0.717) is 50.0 Å². The molecule has 192 valence electrons. The van der Waals surface area contributed by atoms with Gasteiger partial charge in [-0.05, 0) is 51.2 Å². The smallest absolute Gasteiger partial charge is 0.410 e. The average molecular weight is 480 g/mol. The van der Waals surface area contributed by atoms with E-state index >= 15 is 0 Å². The number of rotatable bonds is 12. The van der Waals surface area contributed by atoms with Crippen LogP contribution in [0, 0.1) is 17.8 Å². The van der Waals surface area contributed by atoms with Crippen LogP contribution in [0.5, 0.6) is 17.2 Å². The number of ether oxygens (including phenoxy) is 5. The molecule has 1 aromatic carbocycles. The first-order valence-corrected chi connectivity index (χ1v) is 12.0. The molecule has 8 heteroatoms. The highest BCUT2D eigenvalue weighted by Crippen LogP contribution is 2.35. The Morgan fingerprint density at radius 1 is 1.15 bits per heavy atom. The van der Waals surface area contributed by atoms with Crippen LogP contribution in [0.4, 0.5) is 4.79 Å². The number of nitrogens with zero attached hydrogens (tertiary/aromatic N) is 1. The van der Waals surface area contributed by atoms with Crippen molar-refractivity contribution in [2.24, 2.45) is 17.8 Å². The summed E-state index contributed by atoms with van der Waals surface area (Å²) < 4.78 is 28.2. The van der Waals surface area contributed by atoms with E-state index in [2.05, 4.69) is 13.8 Å². The molecule has 1 aliphatic rings. The zero-order chi connectivity index (χ0) is 25.3. The first-order chi connectivity index (χ1) is 16.1. The fourth-order valence-corrected chi connectivity index (χ4v) is 3.93. The van der Waals surface area contributed by atoms with Gasteiger partial charge in [-0.2, -0.15) is 0 Å². The topological polar surface area (TPSA) is 83.5 Å². The fraction of sp³-hybridized carbons (Fsp3) is 0.692. The number of hydrogen-bond acceptors (Lipinski definition) is 7. The van der Waals surface area contributed by atoms with Crippen molar-refractivity contribution < 1.29 is 33.3 Å². The molecular weight excluding hydrogens is 438 g/mol. The Labute approximate surface area is 203 Å². The minimum Gasteiger partial charge on any atom is -0.493 e. The van der Waals surface area contributed by atoms with Gasteiger partial charge in [-0.15, -0.1) is 0 Å². The van der Waals surface area contributed by atoms with Gasteiger partial charge < -0.3 is 33.4 Å². The van der Waals surface area contributed by atoms with Crippen molar-refractivity contribution in [3.63, 3.8) is 0 Å². The lowest BCUT2D eigenvalue weighted by Crippen LogP contribution is -2.36. The van der Waals surface area contributed by atoms with Gasteiger partial charge in [0.15, 0.2) is 11.5 Å². The van der Waals surface area contributed by atoms with E-state index in [1.165, 1.54) is 0 Å². The van der Waals surface area contributed by atoms with E-state index in [-0.39, 0.29) is 30.0 Å². The predicted octanol–water partition coefficient (Wildman–Crippen LogP) is 4.59. The monoisotopic (exact) mass is 479 g/mol. The van der Waals surface area contributed by atoms with Crippen LogP contribution in [-0.2, 0) is 14.3 Å². The first kappa shape index (κ1) is 27.8. The SMILES string of the molecule is COCCCOc1cc(O[C@@H](C[C@H]2CN(C(=O)OC(C)(C)C)C[C@H]2C=O)C(C)C)ccc1OC. The fourth-order valence-electron chi connectivity index (χ4n) is 3.93. The van der Waals surface area contributed by atoms with Gasteiger partial charge >= 0.3 is 6.09 Å². The van der Waals surface area contributed by atoms with Crippen LogP contribution in [0.1, 0.15) is 47.5 Å². The van der Waals surface area contributed by atoms with E-state index in [1.54, 1.807) is 19.1 Å². The van der Waals surface area contributed by atoms with E-state index in [1.807, 2.05) is 39.0 Å². The van der Waals surface area contributed by atoms with Gasteiger partial charge in [-0.1, -0.05) is 13.8 Å². The van der Waals surface area contributed by atoms with Crippen LogP contribution in [0.25, 0.3) is 0 Å². The summed E-state index contributed by atoms with van der Waals surface area (Å²) in [7, 11) is 3.26. The summed E-state index contributed by atoms with van der Waals surface area (Å²) in [4.78, 5) is 25.9. The molecule has 0 aliphatic carbocycles.